The van der Waals surface area contributed by atoms with Crippen LogP contribution in [0.15, 0.2) is 24.3 Å². The van der Waals surface area contributed by atoms with Crippen molar-refractivity contribution in [2.24, 2.45) is 0 Å². The molecule has 0 saturated heterocycles. The number of carbonyl (C=O) groups is 2. The minimum absolute atomic E-state index is 0.0590. The number of hydrogen-bond donors (Lipinski definition) is 3. The minimum atomic E-state index is -0.810. The Labute approximate surface area is 130 Å². The minimum Gasteiger partial charge on any atom is -0.480 e. The highest BCUT2D eigenvalue weighted by molar-refractivity contribution is 5.89. The highest BCUT2D eigenvalue weighted by Gasteiger charge is 2.34. The van der Waals surface area contributed by atoms with Crippen molar-refractivity contribution < 1.29 is 14.7 Å². The average Bonchev–Trinajstić information content (AvgIpc) is 2.42. The number of rotatable bonds is 6. The zero-order valence-electron chi connectivity index (χ0n) is 13.0. The van der Waals surface area contributed by atoms with Crippen LogP contribution in [0.25, 0.3) is 0 Å². The van der Waals surface area contributed by atoms with Crippen molar-refractivity contribution in [1.82, 2.24) is 10.2 Å². The number of urea groups is 1. The van der Waals surface area contributed by atoms with E-state index in [1.807, 2.05) is 43.0 Å². The Balaban J connectivity index is 1.73. The van der Waals surface area contributed by atoms with Gasteiger partial charge in [-0.05, 0) is 38.4 Å². The van der Waals surface area contributed by atoms with Gasteiger partial charge in [-0.1, -0.05) is 24.6 Å². The molecule has 1 fully saturated rings. The summed E-state index contributed by atoms with van der Waals surface area (Å²) in [6, 6.07) is 7.76. The quantitative estimate of drug-likeness (QED) is 0.751. The van der Waals surface area contributed by atoms with Gasteiger partial charge in [0, 0.05) is 17.8 Å². The van der Waals surface area contributed by atoms with Gasteiger partial charge >= 0.3 is 12.0 Å². The molecule has 0 aromatic heterocycles. The van der Waals surface area contributed by atoms with E-state index < -0.39 is 5.97 Å². The number of carbonyl (C=O) groups excluding carboxylic acids is 1. The second-order valence-corrected chi connectivity index (χ2v) is 5.74. The molecule has 0 aliphatic heterocycles. The predicted molar refractivity (Wildman–Crippen MR) is 85.0 cm³/mol. The first kappa shape index (κ1) is 16.3. The zero-order chi connectivity index (χ0) is 16.1. The van der Waals surface area contributed by atoms with Gasteiger partial charge in [-0.3, -0.25) is 9.69 Å². The van der Waals surface area contributed by atoms with Gasteiger partial charge < -0.3 is 15.7 Å². The number of anilines is 1. The summed E-state index contributed by atoms with van der Waals surface area (Å²) in [5, 5.41) is 14.6. The number of carboxylic acids is 1. The molecular weight excluding hydrogens is 282 g/mol. The second-order valence-electron chi connectivity index (χ2n) is 5.74. The van der Waals surface area contributed by atoms with E-state index in [1.54, 1.807) is 0 Å². The van der Waals surface area contributed by atoms with E-state index >= 15 is 0 Å². The number of hydrogen-bond acceptors (Lipinski definition) is 3. The van der Waals surface area contributed by atoms with Gasteiger partial charge in [0.25, 0.3) is 0 Å². The van der Waals surface area contributed by atoms with Crippen LogP contribution in [0.1, 0.15) is 25.3 Å². The third kappa shape index (κ3) is 4.46. The topological polar surface area (TPSA) is 81.7 Å². The number of aryl methyl sites for hydroxylation is 1. The van der Waals surface area contributed by atoms with E-state index in [4.69, 9.17) is 5.11 Å². The second kappa shape index (κ2) is 7.26. The molecule has 120 valence electrons. The summed E-state index contributed by atoms with van der Waals surface area (Å²) in [6.07, 6.45) is 1.59. The van der Waals surface area contributed by atoms with E-state index in [1.165, 1.54) is 0 Å². The fraction of sp³-hybridized carbons (Fsp3) is 0.500. The van der Waals surface area contributed by atoms with Gasteiger partial charge in [-0.15, -0.1) is 0 Å². The van der Waals surface area contributed by atoms with Crippen LogP contribution < -0.4 is 10.6 Å². The van der Waals surface area contributed by atoms with E-state index in [-0.39, 0.29) is 24.7 Å². The molecule has 0 spiro atoms. The molecule has 2 rings (SSSR count). The van der Waals surface area contributed by atoms with Crippen molar-refractivity contribution in [2.45, 2.75) is 38.8 Å². The van der Waals surface area contributed by atoms with Crippen molar-refractivity contribution >= 4 is 17.7 Å². The number of likely N-dealkylation sites (N-methyl/N-ethyl adjacent to an activating group) is 1. The van der Waals surface area contributed by atoms with Crippen molar-refractivity contribution in [2.75, 3.05) is 18.4 Å². The molecule has 0 unspecified atom stereocenters. The first-order valence-electron chi connectivity index (χ1n) is 7.58. The van der Waals surface area contributed by atoms with E-state index in [0.29, 0.717) is 6.54 Å². The molecule has 0 radical (unpaired) electrons. The van der Waals surface area contributed by atoms with Crippen molar-refractivity contribution in [3.05, 3.63) is 29.8 Å². The monoisotopic (exact) mass is 305 g/mol. The van der Waals surface area contributed by atoms with Crippen molar-refractivity contribution in [3.8, 4) is 0 Å². The number of carboxylic acid groups (broad SMARTS) is 1. The van der Waals surface area contributed by atoms with Crippen molar-refractivity contribution in [1.29, 1.82) is 0 Å². The maximum atomic E-state index is 11.9. The maximum absolute atomic E-state index is 11.9. The Kier molecular flexibility index (Phi) is 5.38. The zero-order valence-corrected chi connectivity index (χ0v) is 13.0. The first-order valence-corrected chi connectivity index (χ1v) is 7.58. The highest BCUT2D eigenvalue weighted by Crippen LogP contribution is 2.25. The molecule has 1 aromatic rings. The summed E-state index contributed by atoms with van der Waals surface area (Å²) in [7, 11) is 0. The van der Waals surface area contributed by atoms with Crippen LogP contribution in [-0.2, 0) is 4.79 Å². The number of aliphatic carboxylic acids is 1. The van der Waals surface area contributed by atoms with Gasteiger partial charge in [-0.2, -0.15) is 0 Å². The number of benzene rings is 1. The summed E-state index contributed by atoms with van der Waals surface area (Å²) in [6.45, 7) is 4.71. The Hall–Kier alpha value is -2.08. The van der Waals surface area contributed by atoms with Crippen LogP contribution in [0.3, 0.4) is 0 Å². The maximum Gasteiger partial charge on any atom is 0.319 e. The number of nitrogens with one attached hydrogen (secondary N) is 2. The third-order valence-electron chi connectivity index (χ3n) is 4.02. The van der Waals surface area contributed by atoms with Crippen molar-refractivity contribution in [3.63, 3.8) is 0 Å². The average molecular weight is 305 g/mol. The number of amides is 2. The molecule has 6 nitrogen and oxygen atoms in total. The smallest absolute Gasteiger partial charge is 0.319 e. The van der Waals surface area contributed by atoms with Crippen LogP contribution in [0.4, 0.5) is 10.5 Å². The SMILES string of the molecule is CCN(CC(=O)O)C1CC(NC(=O)Nc2ccc(C)cc2)C1. The molecule has 0 atom stereocenters. The van der Waals surface area contributed by atoms with Gasteiger partial charge in [0.05, 0.1) is 6.54 Å². The Bertz CT molecular complexity index is 524. The lowest BCUT2D eigenvalue weighted by atomic mass is 9.85. The molecule has 0 heterocycles. The van der Waals surface area contributed by atoms with E-state index in [9.17, 15) is 9.59 Å². The summed E-state index contributed by atoms with van der Waals surface area (Å²) in [5.41, 5.74) is 1.91. The van der Waals surface area contributed by atoms with E-state index in [0.717, 1.165) is 24.1 Å². The Morgan fingerprint density at radius 3 is 2.45 bits per heavy atom. The van der Waals surface area contributed by atoms with E-state index in [2.05, 4.69) is 10.6 Å². The summed E-state index contributed by atoms with van der Waals surface area (Å²) in [5.74, 6) is -0.810. The Morgan fingerprint density at radius 1 is 1.27 bits per heavy atom. The summed E-state index contributed by atoms with van der Waals surface area (Å²) in [4.78, 5) is 24.6. The predicted octanol–water partition coefficient (Wildman–Crippen LogP) is 2.05. The van der Waals surface area contributed by atoms with Crippen LogP contribution >= 0.6 is 0 Å². The molecule has 1 aliphatic rings. The normalized spacial score (nSPS) is 20.3. The molecule has 1 saturated carbocycles. The molecule has 1 aliphatic carbocycles. The van der Waals surface area contributed by atoms with Crippen LogP contribution in [0.5, 0.6) is 0 Å². The highest BCUT2D eigenvalue weighted by atomic mass is 16.4. The largest absolute Gasteiger partial charge is 0.480 e. The van der Waals surface area contributed by atoms with Crippen LogP contribution in [0.2, 0.25) is 0 Å². The number of nitrogens with zero attached hydrogens (tertiary/aromatic N) is 1. The lowest BCUT2D eigenvalue weighted by Gasteiger charge is -2.42. The summed E-state index contributed by atoms with van der Waals surface area (Å²) < 4.78 is 0. The molecule has 6 heteroatoms. The fourth-order valence-corrected chi connectivity index (χ4v) is 2.67. The molecule has 0 bridgehead atoms. The van der Waals surface area contributed by atoms with Gasteiger partial charge in [0.1, 0.15) is 0 Å². The molecular formula is C16H23N3O3. The molecule has 3 N–H and O–H groups in total. The summed E-state index contributed by atoms with van der Waals surface area (Å²) >= 11 is 0. The molecule has 1 aromatic carbocycles. The lowest BCUT2D eigenvalue weighted by Crippen LogP contribution is -2.55. The molecule has 2 amide bonds. The molecule has 22 heavy (non-hydrogen) atoms. The van der Waals surface area contributed by atoms with Crippen LogP contribution in [-0.4, -0.2) is 47.2 Å². The third-order valence-corrected chi connectivity index (χ3v) is 4.02. The van der Waals surface area contributed by atoms with Gasteiger partial charge in [-0.25, -0.2) is 4.79 Å². The standard InChI is InChI=1S/C16H23N3O3/c1-3-19(10-15(20)21)14-8-13(9-14)18-16(22)17-12-6-4-11(2)5-7-12/h4-7,13-14H,3,8-10H2,1-2H3,(H,20,21)(H2,17,18,22). The lowest BCUT2D eigenvalue weighted by molar-refractivity contribution is -0.139. The van der Waals surface area contributed by atoms with Gasteiger partial charge in [0.2, 0.25) is 0 Å². The fourth-order valence-electron chi connectivity index (χ4n) is 2.67. The van der Waals surface area contributed by atoms with Gasteiger partial charge in [0.15, 0.2) is 0 Å². The Morgan fingerprint density at radius 2 is 1.91 bits per heavy atom. The van der Waals surface area contributed by atoms with Crippen LogP contribution in [0, 0.1) is 6.92 Å². The first-order chi connectivity index (χ1) is 10.5.